The van der Waals surface area contributed by atoms with Gasteiger partial charge in [-0.15, -0.1) is 22.7 Å². The summed E-state index contributed by atoms with van der Waals surface area (Å²) in [6.07, 6.45) is 6.04. The summed E-state index contributed by atoms with van der Waals surface area (Å²) in [6.45, 7) is 0. The van der Waals surface area contributed by atoms with E-state index in [4.69, 9.17) is 5.73 Å². The highest BCUT2D eigenvalue weighted by Crippen LogP contribution is 2.50. The lowest BCUT2D eigenvalue weighted by molar-refractivity contribution is -0.116. The molecule has 0 unspecified atom stereocenters. The van der Waals surface area contributed by atoms with Crippen molar-refractivity contribution < 1.29 is 4.79 Å². The molecule has 3 heterocycles. The van der Waals surface area contributed by atoms with Crippen molar-refractivity contribution in [3.05, 3.63) is 61.1 Å². The molecule has 0 saturated carbocycles. The Hall–Kier alpha value is -2.87. The van der Waals surface area contributed by atoms with Crippen molar-refractivity contribution in [1.82, 2.24) is 0 Å². The second-order valence-electron chi connectivity index (χ2n) is 7.83. The summed E-state index contributed by atoms with van der Waals surface area (Å²) in [4.78, 5) is 17.2. The van der Waals surface area contributed by atoms with Gasteiger partial charge in [-0.2, -0.15) is 10.5 Å². The highest BCUT2D eigenvalue weighted by molar-refractivity contribution is 7.16. The number of ketones is 1. The lowest BCUT2D eigenvalue weighted by atomic mass is 9.78. The molecule has 5 nitrogen and oxygen atoms in total. The van der Waals surface area contributed by atoms with Gasteiger partial charge in [-0.25, -0.2) is 0 Å². The van der Waals surface area contributed by atoms with E-state index in [0.717, 1.165) is 59.7 Å². The fraction of sp³-hybridized carbons (Fsp3) is 0.348. The number of hydrogen-bond donors (Lipinski definition) is 1. The maximum absolute atomic E-state index is 13.1. The minimum atomic E-state index is -0.408. The highest BCUT2D eigenvalue weighted by Gasteiger charge is 2.42. The number of nitrogens with two attached hydrogens (primary N) is 1. The summed E-state index contributed by atoms with van der Waals surface area (Å²) >= 11 is 3.14. The van der Waals surface area contributed by atoms with Crippen LogP contribution in [-0.2, 0) is 17.6 Å². The summed E-state index contributed by atoms with van der Waals surface area (Å²) in [5.74, 6) is 0.0355. The Bertz CT molecular complexity index is 1190. The van der Waals surface area contributed by atoms with Crippen molar-refractivity contribution in [2.75, 3.05) is 4.90 Å². The van der Waals surface area contributed by atoms with Crippen LogP contribution in [0.15, 0.2) is 40.2 Å². The Morgan fingerprint density at radius 1 is 1.10 bits per heavy atom. The van der Waals surface area contributed by atoms with Crippen LogP contribution < -0.4 is 10.6 Å². The molecule has 5 rings (SSSR count). The van der Waals surface area contributed by atoms with Crippen molar-refractivity contribution in [2.24, 2.45) is 5.73 Å². The molecule has 0 bridgehead atoms. The van der Waals surface area contributed by atoms with Crippen molar-refractivity contribution in [1.29, 1.82) is 10.5 Å². The number of Topliss-reactive ketones (excluding diaryl/α,β-unsaturated/α-hetero) is 1. The number of fused-ring (bicyclic) bond motifs is 1. The van der Waals surface area contributed by atoms with E-state index in [1.165, 1.54) is 16.2 Å². The molecule has 7 heteroatoms. The molecular formula is C23H20N4OS2. The summed E-state index contributed by atoms with van der Waals surface area (Å²) in [6, 6.07) is 8.60. The first kappa shape index (κ1) is 19.1. The number of rotatable bonds is 2. The fourth-order valence-corrected chi connectivity index (χ4v) is 7.10. The number of nitriles is 2. The van der Waals surface area contributed by atoms with E-state index in [1.807, 2.05) is 22.4 Å². The van der Waals surface area contributed by atoms with E-state index in [9.17, 15) is 15.3 Å². The first-order valence-electron chi connectivity index (χ1n) is 10.2. The number of anilines is 1. The Labute approximate surface area is 183 Å². The van der Waals surface area contributed by atoms with Crippen LogP contribution in [0.3, 0.4) is 0 Å². The predicted octanol–water partition coefficient (Wildman–Crippen LogP) is 4.86. The van der Waals surface area contributed by atoms with Crippen molar-refractivity contribution in [3.63, 3.8) is 0 Å². The quantitative estimate of drug-likeness (QED) is 0.731. The van der Waals surface area contributed by atoms with Gasteiger partial charge in [-0.3, -0.25) is 9.69 Å². The standard InChI is InChI=1S/C23H20N4OS2/c24-11-14-13-5-1-2-8-18(13)30-23(14)27-16-6-3-7-17(28)21(16)20(15(12-25)22(27)26)19-9-4-10-29-19/h4,9-10,20H,1-3,5-8,26H2/t20-/m0/s1. The van der Waals surface area contributed by atoms with Crippen LogP contribution in [0.2, 0.25) is 0 Å². The van der Waals surface area contributed by atoms with Gasteiger partial charge in [0, 0.05) is 27.4 Å². The van der Waals surface area contributed by atoms with Gasteiger partial charge in [0.2, 0.25) is 0 Å². The number of carbonyl (C=O) groups excluding carboxylic acids is 1. The molecule has 0 radical (unpaired) electrons. The molecule has 2 N–H and O–H groups in total. The van der Waals surface area contributed by atoms with Gasteiger partial charge in [-0.05, 0) is 55.5 Å². The summed E-state index contributed by atoms with van der Waals surface area (Å²) in [7, 11) is 0. The molecule has 0 aromatic carbocycles. The zero-order chi connectivity index (χ0) is 20.8. The van der Waals surface area contributed by atoms with Crippen LogP contribution in [0.4, 0.5) is 5.00 Å². The molecule has 1 aliphatic heterocycles. The van der Waals surface area contributed by atoms with E-state index in [-0.39, 0.29) is 5.78 Å². The average Bonchev–Trinajstić information content (AvgIpc) is 3.40. The molecule has 0 saturated heterocycles. The van der Waals surface area contributed by atoms with Crippen LogP contribution in [0.5, 0.6) is 0 Å². The maximum atomic E-state index is 13.1. The number of hydrogen-bond acceptors (Lipinski definition) is 7. The van der Waals surface area contributed by atoms with E-state index < -0.39 is 5.92 Å². The van der Waals surface area contributed by atoms with Gasteiger partial charge in [0.15, 0.2) is 5.78 Å². The van der Waals surface area contributed by atoms with Gasteiger partial charge >= 0.3 is 0 Å². The van der Waals surface area contributed by atoms with Crippen LogP contribution in [0.1, 0.15) is 58.9 Å². The minimum Gasteiger partial charge on any atom is -0.384 e. The third kappa shape index (κ3) is 2.74. The SMILES string of the molecule is N#CC1=C(N)N(c2sc3c(c2C#N)CCCC3)C2=C(C(=O)CCC2)[C@@H]1c1cccs1. The number of allylic oxidation sites excluding steroid dienone is 3. The molecule has 2 aliphatic carbocycles. The summed E-state index contributed by atoms with van der Waals surface area (Å²) in [5, 5.41) is 22.8. The highest BCUT2D eigenvalue weighted by atomic mass is 32.1. The maximum Gasteiger partial charge on any atom is 0.161 e. The molecule has 0 fully saturated rings. The molecule has 150 valence electrons. The Morgan fingerprint density at radius 3 is 2.67 bits per heavy atom. The zero-order valence-electron chi connectivity index (χ0n) is 16.4. The van der Waals surface area contributed by atoms with E-state index in [0.29, 0.717) is 29.0 Å². The number of nitrogens with zero attached hydrogens (tertiary/aromatic N) is 3. The molecule has 0 spiro atoms. The molecule has 0 amide bonds. The Kier molecular flexibility index (Phi) is 4.73. The topological polar surface area (TPSA) is 93.9 Å². The monoisotopic (exact) mass is 432 g/mol. The molecule has 2 aromatic heterocycles. The second kappa shape index (κ2) is 7.43. The van der Waals surface area contributed by atoms with Gasteiger partial charge in [0.1, 0.15) is 16.9 Å². The lowest BCUT2D eigenvalue weighted by Crippen LogP contribution is -2.38. The van der Waals surface area contributed by atoms with Crippen molar-refractivity contribution >= 4 is 33.5 Å². The summed E-state index contributed by atoms with van der Waals surface area (Å²) in [5.41, 5.74) is 10.4. The van der Waals surface area contributed by atoms with Gasteiger partial charge in [0.05, 0.1) is 23.1 Å². The first-order valence-corrected chi connectivity index (χ1v) is 11.9. The molecule has 30 heavy (non-hydrogen) atoms. The molecule has 3 aliphatic rings. The molecular weight excluding hydrogens is 412 g/mol. The Balaban J connectivity index is 1.77. The number of carbonyl (C=O) groups is 1. The average molecular weight is 433 g/mol. The third-order valence-electron chi connectivity index (χ3n) is 6.21. The number of thiophene rings is 2. The van der Waals surface area contributed by atoms with Crippen molar-refractivity contribution in [2.45, 2.75) is 50.9 Å². The lowest BCUT2D eigenvalue weighted by Gasteiger charge is -2.38. The largest absolute Gasteiger partial charge is 0.384 e. The van der Waals surface area contributed by atoms with Crippen molar-refractivity contribution in [3.8, 4) is 12.1 Å². The van der Waals surface area contributed by atoms with E-state index in [1.54, 1.807) is 11.3 Å². The minimum absolute atomic E-state index is 0.0831. The number of aryl methyl sites for hydroxylation is 1. The fourth-order valence-electron chi connectivity index (χ4n) is 4.88. The first-order chi connectivity index (χ1) is 14.7. The molecule has 1 atom stereocenters. The van der Waals surface area contributed by atoms with Gasteiger partial charge in [0.25, 0.3) is 0 Å². The molecule has 2 aromatic rings. The predicted molar refractivity (Wildman–Crippen MR) is 118 cm³/mol. The third-order valence-corrected chi connectivity index (χ3v) is 8.42. The Morgan fingerprint density at radius 2 is 1.93 bits per heavy atom. The zero-order valence-corrected chi connectivity index (χ0v) is 18.0. The van der Waals surface area contributed by atoms with E-state index in [2.05, 4.69) is 12.1 Å². The second-order valence-corrected chi connectivity index (χ2v) is 9.90. The van der Waals surface area contributed by atoms with Crippen LogP contribution in [0, 0.1) is 22.7 Å². The normalized spacial score (nSPS) is 21.2. The van der Waals surface area contributed by atoms with Crippen LogP contribution in [-0.4, -0.2) is 5.78 Å². The van der Waals surface area contributed by atoms with Gasteiger partial charge < -0.3 is 5.73 Å². The van der Waals surface area contributed by atoms with Crippen LogP contribution >= 0.6 is 22.7 Å². The summed E-state index contributed by atoms with van der Waals surface area (Å²) < 4.78 is 0. The van der Waals surface area contributed by atoms with Gasteiger partial charge in [-0.1, -0.05) is 6.07 Å². The van der Waals surface area contributed by atoms with E-state index >= 15 is 0 Å². The van der Waals surface area contributed by atoms with Crippen LogP contribution in [0.25, 0.3) is 0 Å². The smallest absolute Gasteiger partial charge is 0.161 e.